The molecule has 0 fully saturated rings. The Balaban J connectivity index is 2.31. The molecule has 6 heteroatoms. The summed E-state index contributed by atoms with van der Waals surface area (Å²) in [6.07, 6.45) is -4.94. The molecule has 0 aromatic rings. The molecule has 0 saturated heterocycles. The minimum Gasteiger partial charge on any atom is -0.385 e. The van der Waals surface area contributed by atoms with Crippen molar-refractivity contribution in [2.45, 2.75) is 12.5 Å². The van der Waals surface area contributed by atoms with Gasteiger partial charge in [0, 0.05) is 0 Å². The summed E-state index contributed by atoms with van der Waals surface area (Å²) in [5, 5.41) is 3.04. The second-order valence-electron chi connectivity index (χ2n) is 1.52. The second kappa shape index (κ2) is 2.45. The molecule has 0 aromatic heterocycles. The summed E-state index contributed by atoms with van der Waals surface area (Å²) < 4.78 is 37.5. The van der Waals surface area contributed by atoms with Crippen molar-refractivity contribution in [3.05, 3.63) is 6.61 Å². The number of hydrogen-bond donors (Lipinski definition) is 0. The Morgan fingerprint density at radius 3 is 2.60 bits per heavy atom. The lowest BCUT2D eigenvalue weighted by Gasteiger charge is -2.08. The molecule has 10 heavy (non-hydrogen) atoms. The number of oxime groups is 1. The van der Waals surface area contributed by atoms with E-state index < -0.39 is 12.5 Å². The summed E-state index contributed by atoms with van der Waals surface area (Å²) in [5.41, 5.74) is 0. The Hall–Kier alpha value is -0.780. The van der Waals surface area contributed by atoms with E-state index in [0.29, 0.717) is 0 Å². The lowest BCUT2D eigenvalue weighted by atomic mass is 10.4. The SMILES string of the molecule is FC(F)(F)OC1[CH]ON=C1. The van der Waals surface area contributed by atoms with Crippen molar-refractivity contribution < 1.29 is 22.7 Å². The molecule has 0 amide bonds. The van der Waals surface area contributed by atoms with Crippen molar-refractivity contribution in [1.82, 2.24) is 0 Å². The Labute approximate surface area is 54.4 Å². The molecule has 1 rings (SSSR count). The molecule has 0 saturated carbocycles. The van der Waals surface area contributed by atoms with Gasteiger partial charge in [0.05, 0.1) is 6.21 Å². The van der Waals surface area contributed by atoms with Crippen molar-refractivity contribution in [2.24, 2.45) is 5.16 Å². The topological polar surface area (TPSA) is 30.8 Å². The summed E-state index contributed by atoms with van der Waals surface area (Å²) in [4.78, 5) is 4.12. The van der Waals surface area contributed by atoms with Gasteiger partial charge in [0.15, 0.2) is 0 Å². The van der Waals surface area contributed by atoms with Gasteiger partial charge in [-0.05, 0) is 0 Å². The highest BCUT2D eigenvalue weighted by Crippen LogP contribution is 2.20. The Kier molecular flexibility index (Phi) is 1.80. The average Bonchev–Trinajstić information content (AvgIpc) is 2.12. The van der Waals surface area contributed by atoms with Crippen molar-refractivity contribution in [1.29, 1.82) is 0 Å². The average molecular weight is 154 g/mol. The number of nitrogens with zero attached hydrogens (tertiary/aromatic N) is 1. The zero-order chi connectivity index (χ0) is 7.61. The van der Waals surface area contributed by atoms with Crippen LogP contribution >= 0.6 is 0 Å². The van der Waals surface area contributed by atoms with Gasteiger partial charge in [-0.1, -0.05) is 5.16 Å². The minimum atomic E-state index is -4.64. The van der Waals surface area contributed by atoms with Crippen LogP contribution in [0.1, 0.15) is 0 Å². The molecule has 1 aliphatic rings. The van der Waals surface area contributed by atoms with Crippen molar-refractivity contribution in [2.75, 3.05) is 0 Å². The maximum Gasteiger partial charge on any atom is 0.523 e. The molecule has 0 N–H and O–H groups in total. The third kappa shape index (κ3) is 2.22. The largest absolute Gasteiger partial charge is 0.523 e. The van der Waals surface area contributed by atoms with E-state index >= 15 is 0 Å². The fourth-order valence-corrected chi connectivity index (χ4v) is 0.438. The first-order chi connectivity index (χ1) is 4.58. The van der Waals surface area contributed by atoms with Crippen molar-refractivity contribution in [3.8, 4) is 0 Å². The lowest BCUT2D eigenvalue weighted by Crippen LogP contribution is -2.23. The number of hydrogen-bond acceptors (Lipinski definition) is 3. The molecule has 1 heterocycles. The molecule has 1 atom stereocenters. The van der Waals surface area contributed by atoms with E-state index in [1.165, 1.54) is 0 Å². The molecule has 1 aliphatic heterocycles. The Morgan fingerprint density at radius 1 is 1.50 bits per heavy atom. The molecule has 57 valence electrons. The van der Waals surface area contributed by atoms with E-state index in [2.05, 4.69) is 14.7 Å². The zero-order valence-electron chi connectivity index (χ0n) is 4.63. The van der Waals surface area contributed by atoms with Crippen LogP contribution in [-0.4, -0.2) is 18.7 Å². The third-order valence-electron chi connectivity index (χ3n) is 0.733. The van der Waals surface area contributed by atoms with Crippen LogP contribution in [0.3, 0.4) is 0 Å². The van der Waals surface area contributed by atoms with Crippen LogP contribution in [0.15, 0.2) is 5.16 Å². The number of alkyl halides is 3. The van der Waals surface area contributed by atoms with E-state index in [4.69, 9.17) is 0 Å². The van der Waals surface area contributed by atoms with Crippen LogP contribution in [0.25, 0.3) is 0 Å². The van der Waals surface area contributed by atoms with Gasteiger partial charge < -0.3 is 4.84 Å². The molecule has 1 radical (unpaired) electrons. The Bertz CT molecular complexity index is 144. The van der Waals surface area contributed by atoms with Gasteiger partial charge in [-0.2, -0.15) is 0 Å². The van der Waals surface area contributed by atoms with Crippen molar-refractivity contribution in [3.63, 3.8) is 0 Å². The first-order valence-corrected chi connectivity index (χ1v) is 2.35. The van der Waals surface area contributed by atoms with E-state index in [0.717, 1.165) is 12.8 Å². The van der Waals surface area contributed by atoms with E-state index in [1.807, 2.05) is 0 Å². The van der Waals surface area contributed by atoms with Gasteiger partial charge in [-0.15, -0.1) is 13.2 Å². The molecule has 0 aromatic carbocycles. The summed E-state index contributed by atoms with van der Waals surface area (Å²) >= 11 is 0. The van der Waals surface area contributed by atoms with Gasteiger partial charge in [0.25, 0.3) is 0 Å². The molecule has 3 nitrogen and oxygen atoms in total. The fourth-order valence-electron chi connectivity index (χ4n) is 0.438. The zero-order valence-corrected chi connectivity index (χ0v) is 4.63. The van der Waals surface area contributed by atoms with E-state index in [1.54, 1.807) is 0 Å². The summed E-state index contributed by atoms with van der Waals surface area (Å²) in [6.45, 7) is 0.841. The first-order valence-electron chi connectivity index (χ1n) is 2.35. The van der Waals surface area contributed by atoms with Gasteiger partial charge in [-0.3, -0.25) is 4.74 Å². The maximum atomic E-state index is 11.3. The third-order valence-corrected chi connectivity index (χ3v) is 0.733. The molecule has 0 spiro atoms. The summed E-state index contributed by atoms with van der Waals surface area (Å²) in [7, 11) is 0. The van der Waals surface area contributed by atoms with Crippen molar-refractivity contribution >= 4 is 6.21 Å². The number of ether oxygens (including phenoxy) is 1. The first kappa shape index (κ1) is 7.33. The molecule has 0 bridgehead atoms. The predicted octanol–water partition coefficient (Wildman–Crippen LogP) is 1.07. The van der Waals surface area contributed by atoms with Gasteiger partial charge in [-0.25, -0.2) is 0 Å². The highest BCUT2D eigenvalue weighted by Gasteiger charge is 2.34. The standard InChI is InChI=1S/C4H3F3NO2/c5-4(6,7)10-3-1-8-9-2-3/h1-3H. The number of rotatable bonds is 1. The minimum absolute atomic E-state index is 0.841. The summed E-state index contributed by atoms with van der Waals surface area (Å²) in [6, 6.07) is 0. The monoisotopic (exact) mass is 154 g/mol. The van der Waals surface area contributed by atoms with E-state index in [-0.39, 0.29) is 0 Å². The lowest BCUT2D eigenvalue weighted by molar-refractivity contribution is -0.330. The van der Waals surface area contributed by atoms with E-state index in [9.17, 15) is 13.2 Å². The smallest absolute Gasteiger partial charge is 0.385 e. The van der Waals surface area contributed by atoms with Crippen LogP contribution in [-0.2, 0) is 9.57 Å². The Morgan fingerprint density at radius 2 is 2.20 bits per heavy atom. The molecular weight excluding hydrogens is 151 g/mol. The van der Waals surface area contributed by atoms with Crippen LogP contribution in [0.5, 0.6) is 0 Å². The number of halogens is 3. The van der Waals surface area contributed by atoms with Gasteiger partial charge >= 0.3 is 6.36 Å². The molecule has 0 aliphatic carbocycles. The van der Waals surface area contributed by atoms with Crippen LogP contribution in [0.4, 0.5) is 13.2 Å². The van der Waals surface area contributed by atoms with Gasteiger partial charge in [0.1, 0.15) is 6.10 Å². The molecular formula is C4H3F3NO2. The molecule has 1 unspecified atom stereocenters. The maximum absolute atomic E-state index is 11.3. The normalized spacial score (nSPS) is 24.9. The fraction of sp³-hybridized carbons (Fsp3) is 0.500. The van der Waals surface area contributed by atoms with Gasteiger partial charge in [0.2, 0.25) is 6.61 Å². The highest BCUT2D eigenvalue weighted by atomic mass is 19.4. The second-order valence-corrected chi connectivity index (χ2v) is 1.52. The predicted molar refractivity (Wildman–Crippen MR) is 24.8 cm³/mol. The highest BCUT2D eigenvalue weighted by molar-refractivity contribution is 5.65. The summed E-state index contributed by atoms with van der Waals surface area (Å²) in [5.74, 6) is 0. The van der Waals surface area contributed by atoms with Crippen LogP contribution in [0.2, 0.25) is 0 Å². The van der Waals surface area contributed by atoms with Crippen LogP contribution < -0.4 is 0 Å². The van der Waals surface area contributed by atoms with Crippen LogP contribution in [0, 0.1) is 6.61 Å². The quantitative estimate of drug-likeness (QED) is 0.565.